The number of amides is 1. The first-order chi connectivity index (χ1) is 19.9. The number of halogens is 1. The van der Waals surface area contributed by atoms with E-state index in [4.69, 9.17) is 19.3 Å². The number of hydrogen-bond acceptors (Lipinski definition) is 6. The summed E-state index contributed by atoms with van der Waals surface area (Å²) in [4.78, 5) is 25.1. The molecule has 6 rings (SSSR count). The molecular formula is C32H24FN3O5. The molecule has 41 heavy (non-hydrogen) atoms. The molecule has 5 aromatic rings. The van der Waals surface area contributed by atoms with Gasteiger partial charge in [-0.3, -0.25) is 9.59 Å². The van der Waals surface area contributed by atoms with E-state index in [1.807, 2.05) is 43.3 Å². The molecule has 4 aromatic carbocycles. The fraction of sp³-hybridized carbons (Fsp3) is 0.0938. The Balaban J connectivity index is 1.40. The van der Waals surface area contributed by atoms with E-state index in [-0.39, 0.29) is 18.6 Å². The van der Waals surface area contributed by atoms with Gasteiger partial charge in [0.2, 0.25) is 12.7 Å². The van der Waals surface area contributed by atoms with Crippen molar-refractivity contribution in [1.29, 1.82) is 0 Å². The summed E-state index contributed by atoms with van der Waals surface area (Å²) in [5, 5.41) is 7.69. The molecule has 0 saturated heterocycles. The lowest BCUT2D eigenvalue weighted by Crippen LogP contribution is -2.11. The molecule has 0 bridgehead atoms. The highest BCUT2D eigenvalue weighted by Crippen LogP contribution is 2.41. The lowest BCUT2D eigenvalue weighted by molar-refractivity contribution is -0.132. The zero-order chi connectivity index (χ0) is 28.5. The number of carbonyl (C=O) groups excluding carboxylic acids is 2. The Labute approximate surface area is 234 Å². The lowest BCUT2D eigenvalue weighted by atomic mass is 10.00. The third kappa shape index (κ3) is 5.25. The molecule has 9 heteroatoms. The van der Waals surface area contributed by atoms with Gasteiger partial charge < -0.3 is 19.5 Å². The highest BCUT2D eigenvalue weighted by molar-refractivity contribution is 6.05. The molecule has 8 nitrogen and oxygen atoms in total. The first-order valence-electron chi connectivity index (χ1n) is 12.8. The molecule has 0 unspecified atom stereocenters. The molecule has 1 aliphatic rings. The number of anilines is 1. The third-order valence-corrected chi connectivity index (χ3v) is 6.55. The van der Waals surface area contributed by atoms with Gasteiger partial charge in [-0.2, -0.15) is 9.78 Å². The van der Waals surface area contributed by atoms with Crippen LogP contribution < -0.4 is 19.5 Å². The van der Waals surface area contributed by atoms with Gasteiger partial charge >= 0.3 is 5.97 Å². The van der Waals surface area contributed by atoms with Crippen LogP contribution in [0, 0.1) is 12.7 Å². The van der Waals surface area contributed by atoms with E-state index in [1.165, 1.54) is 23.7 Å². The summed E-state index contributed by atoms with van der Waals surface area (Å²) in [6.07, 6.45) is 0. The number of nitrogens with one attached hydrogen (secondary N) is 1. The Kier molecular flexibility index (Phi) is 6.68. The first-order valence-corrected chi connectivity index (χ1v) is 12.8. The summed E-state index contributed by atoms with van der Waals surface area (Å²) in [6.45, 7) is 3.42. The van der Waals surface area contributed by atoms with Crippen LogP contribution in [0.5, 0.6) is 17.4 Å². The second-order valence-electron chi connectivity index (χ2n) is 9.48. The fourth-order valence-electron chi connectivity index (χ4n) is 4.53. The molecule has 0 fully saturated rings. The number of fused-ring (bicyclic) bond motifs is 1. The van der Waals surface area contributed by atoms with E-state index in [1.54, 1.807) is 42.5 Å². The number of hydrogen-bond donors (Lipinski definition) is 1. The van der Waals surface area contributed by atoms with Crippen molar-refractivity contribution in [2.75, 3.05) is 12.1 Å². The van der Waals surface area contributed by atoms with Crippen molar-refractivity contribution in [3.8, 4) is 45.5 Å². The Morgan fingerprint density at radius 1 is 0.878 bits per heavy atom. The van der Waals surface area contributed by atoms with Gasteiger partial charge in [0.1, 0.15) is 11.5 Å². The Bertz CT molecular complexity index is 1760. The number of rotatable bonds is 6. The molecule has 1 amide bonds. The summed E-state index contributed by atoms with van der Waals surface area (Å²) < 4.78 is 31.6. The molecule has 0 aliphatic carbocycles. The summed E-state index contributed by atoms with van der Waals surface area (Å²) in [5.41, 5.74) is 5.24. The molecular weight excluding hydrogens is 525 g/mol. The summed E-state index contributed by atoms with van der Waals surface area (Å²) in [7, 11) is 0. The Morgan fingerprint density at radius 2 is 1.56 bits per heavy atom. The van der Waals surface area contributed by atoms with E-state index in [0.717, 1.165) is 11.1 Å². The van der Waals surface area contributed by atoms with Crippen LogP contribution in [-0.2, 0) is 4.79 Å². The number of benzene rings is 4. The predicted molar refractivity (Wildman–Crippen MR) is 151 cm³/mol. The number of nitrogens with zero attached hydrogens (tertiary/aromatic N) is 2. The number of aryl methyl sites for hydroxylation is 1. The molecule has 1 aromatic heterocycles. The fourth-order valence-corrected chi connectivity index (χ4v) is 4.53. The quantitative estimate of drug-likeness (QED) is 0.241. The van der Waals surface area contributed by atoms with Gasteiger partial charge in [-0.05, 0) is 67.1 Å². The van der Waals surface area contributed by atoms with Crippen molar-refractivity contribution in [1.82, 2.24) is 9.78 Å². The minimum absolute atomic E-state index is 0.125. The molecule has 2 heterocycles. The molecule has 0 radical (unpaired) electrons. The maximum atomic E-state index is 13.7. The molecule has 0 atom stereocenters. The number of esters is 1. The van der Waals surface area contributed by atoms with Gasteiger partial charge in [0.05, 0.1) is 11.3 Å². The summed E-state index contributed by atoms with van der Waals surface area (Å²) >= 11 is 0. The van der Waals surface area contributed by atoms with Crippen LogP contribution in [0.15, 0.2) is 91.0 Å². The number of carbonyl (C=O) groups is 2. The molecule has 0 spiro atoms. The average Bonchev–Trinajstić information content (AvgIpc) is 3.59. The maximum Gasteiger partial charge on any atom is 0.309 e. The van der Waals surface area contributed by atoms with Crippen LogP contribution in [0.3, 0.4) is 0 Å². The Morgan fingerprint density at radius 3 is 2.27 bits per heavy atom. The Hall–Kier alpha value is -5.44. The third-order valence-electron chi connectivity index (χ3n) is 6.55. The smallest absolute Gasteiger partial charge is 0.309 e. The topological polar surface area (TPSA) is 91.7 Å². The average molecular weight is 550 g/mol. The zero-order valence-electron chi connectivity index (χ0n) is 22.2. The second-order valence-corrected chi connectivity index (χ2v) is 9.48. The predicted octanol–water partition coefficient (Wildman–Crippen LogP) is 6.56. The lowest BCUT2D eigenvalue weighted by Gasteiger charge is -2.11. The first kappa shape index (κ1) is 25.8. The van der Waals surface area contributed by atoms with Gasteiger partial charge in [0.15, 0.2) is 11.5 Å². The zero-order valence-corrected chi connectivity index (χ0v) is 22.2. The SMILES string of the molecule is CC(=O)Oc1c(-c2ccc(NC(=O)c3ccc4c(c3)OCO4)cc2)c(-c2ccc(C)cc2)nn1-c1ccc(F)cc1. The van der Waals surface area contributed by atoms with E-state index >= 15 is 0 Å². The van der Waals surface area contributed by atoms with E-state index in [9.17, 15) is 14.0 Å². The molecule has 1 aliphatic heterocycles. The monoisotopic (exact) mass is 549 g/mol. The standard InChI is InChI=1S/C32H24FN3O5/c1-19-3-5-22(6-4-19)30-29(32(41-20(2)37)36(35-30)26-14-10-24(33)11-15-26)21-7-12-25(13-8-21)34-31(38)23-9-16-27-28(17-23)40-18-39-27/h3-17H,18H2,1-2H3,(H,34,38). The van der Waals surface area contributed by atoms with Crippen LogP contribution in [-0.4, -0.2) is 28.4 Å². The molecule has 1 N–H and O–H groups in total. The highest BCUT2D eigenvalue weighted by Gasteiger charge is 2.25. The maximum absolute atomic E-state index is 13.7. The van der Waals surface area contributed by atoms with Gasteiger partial charge in [-0.15, -0.1) is 0 Å². The van der Waals surface area contributed by atoms with Crippen molar-refractivity contribution in [3.05, 3.63) is 108 Å². The normalized spacial score (nSPS) is 11.8. The summed E-state index contributed by atoms with van der Waals surface area (Å²) in [6, 6.07) is 25.7. The van der Waals surface area contributed by atoms with E-state index < -0.39 is 11.8 Å². The number of aromatic nitrogens is 2. The van der Waals surface area contributed by atoms with Crippen LogP contribution in [0.25, 0.3) is 28.1 Å². The van der Waals surface area contributed by atoms with Crippen molar-refractivity contribution >= 4 is 17.6 Å². The van der Waals surface area contributed by atoms with Gasteiger partial charge in [0, 0.05) is 23.7 Å². The summed E-state index contributed by atoms with van der Waals surface area (Å²) in [5.74, 6) is 0.0793. The number of ether oxygens (including phenoxy) is 3. The minimum atomic E-state index is -0.530. The van der Waals surface area contributed by atoms with Crippen LogP contribution in [0.2, 0.25) is 0 Å². The van der Waals surface area contributed by atoms with Gasteiger partial charge in [-0.1, -0.05) is 42.0 Å². The van der Waals surface area contributed by atoms with Crippen molar-refractivity contribution in [3.63, 3.8) is 0 Å². The largest absolute Gasteiger partial charge is 0.454 e. The second kappa shape index (κ2) is 10.6. The minimum Gasteiger partial charge on any atom is -0.454 e. The van der Waals surface area contributed by atoms with E-state index in [2.05, 4.69) is 5.32 Å². The van der Waals surface area contributed by atoms with Gasteiger partial charge in [-0.25, -0.2) is 4.39 Å². The van der Waals surface area contributed by atoms with Crippen molar-refractivity contribution in [2.45, 2.75) is 13.8 Å². The van der Waals surface area contributed by atoms with Crippen molar-refractivity contribution in [2.24, 2.45) is 0 Å². The van der Waals surface area contributed by atoms with Crippen LogP contribution in [0.4, 0.5) is 10.1 Å². The van der Waals surface area contributed by atoms with Crippen LogP contribution in [0.1, 0.15) is 22.8 Å². The molecule has 204 valence electrons. The van der Waals surface area contributed by atoms with Crippen molar-refractivity contribution < 1.29 is 28.2 Å². The van der Waals surface area contributed by atoms with Gasteiger partial charge in [0.25, 0.3) is 5.91 Å². The van der Waals surface area contributed by atoms with E-state index in [0.29, 0.717) is 45.3 Å². The van der Waals surface area contributed by atoms with Crippen LogP contribution >= 0.6 is 0 Å². The molecule has 0 saturated carbocycles. The highest BCUT2D eigenvalue weighted by atomic mass is 19.1.